The molecule has 4 nitrogen and oxygen atoms in total. The van der Waals surface area contributed by atoms with Crippen LogP contribution in [0.5, 0.6) is 0 Å². The molecule has 1 saturated carbocycles. The van der Waals surface area contributed by atoms with Crippen LogP contribution in [0.4, 0.5) is 0 Å². The van der Waals surface area contributed by atoms with E-state index in [1.807, 2.05) is 37.8 Å². The van der Waals surface area contributed by atoms with Gasteiger partial charge in [0.25, 0.3) is 0 Å². The van der Waals surface area contributed by atoms with Gasteiger partial charge in [0.05, 0.1) is 0 Å². The van der Waals surface area contributed by atoms with E-state index in [1.54, 1.807) is 0 Å². The summed E-state index contributed by atoms with van der Waals surface area (Å²) in [6, 6.07) is 8.49. The Bertz CT molecular complexity index is 591. The third kappa shape index (κ3) is 5.93. The first-order valence-electron chi connectivity index (χ1n) is 8.59. The third-order valence-electron chi connectivity index (χ3n) is 4.08. The molecule has 1 aliphatic rings. The summed E-state index contributed by atoms with van der Waals surface area (Å²) in [4.78, 5) is 26.4. The van der Waals surface area contributed by atoms with Crippen molar-refractivity contribution in [2.45, 2.75) is 59.0 Å². The molecular formula is C19H27BrN2O2. The number of carbonyl (C=O) groups is 2. The zero-order chi connectivity index (χ0) is 17.7. The Morgan fingerprint density at radius 1 is 1.29 bits per heavy atom. The number of nitrogens with one attached hydrogen (secondary N) is 1. The molecule has 1 aromatic rings. The second-order valence-electron chi connectivity index (χ2n) is 7.49. The highest BCUT2D eigenvalue weighted by Gasteiger charge is 2.32. The number of amides is 2. The Morgan fingerprint density at radius 3 is 2.58 bits per heavy atom. The number of carbonyl (C=O) groups excluding carboxylic acids is 2. The average Bonchev–Trinajstić information content (AvgIpc) is 3.32. The van der Waals surface area contributed by atoms with Crippen molar-refractivity contribution >= 4 is 27.7 Å². The molecule has 0 spiro atoms. The molecule has 132 valence electrons. The van der Waals surface area contributed by atoms with Crippen LogP contribution in [0.3, 0.4) is 0 Å². The minimum absolute atomic E-state index is 0.0307. The Balaban J connectivity index is 1.81. The summed E-state index contributed by atoms with van der Waals surface area (Å²) in [5.74, 6) is 0.214. The second kappa shape index (κ2) is 8.15. The van der Waals surface area contributed by atoms with Gasteiger partial charge >= 0.3 is 0 Å². The summed E-state index contributed by atoms with van der Waals surface area (Å²) < 4.78 is 1.04. The molecular weight excluding hydrogens is 368 g/mol. The average molecular weight is 395 g/mol. The normalized spacial score (nSPS) is 14.3. The van der Waals surface area contributed by atoms with Crippen molar-refractivity contribution in [2.24, 2.45) is 5.41 Å². The zero-order valence-electron chi connectivity index (χ0n) is 14.8. The summed E-state index contributed by atoms with van der Waals surface area (Å²) in [7, 11) is 0. The smallest absolute Gasteiger partial charge is 0.225 e. The van der Waals surface area contributed by atoms with Gasteiger partial charge in [-0.3, -0.25) is 9.59 Å². The van der Waals surface area contributed by atoms with Gasteiger partial charge in [0, 0.05) is 35.4 Å². The van der Waals surface area contributed by atoms with Gasteiger partial charge in [0.2, 0.25) is 11.8 Å². The Labute approximate surface area is 153 Å². The summed E-state index contributed by atoms with van der Waals surface area (Å²) in [6.45, 7) is 6.88. The Morgan fingerprint density at radius 2 is 2.00 bits per heavy atom. The van der Waals surface area contributed by atoms with Crippen molar-refractivity contribution in [3.05, 3.63) is 34.3 Å². The van der Waals surface area contributed by atoms with Gasteiger partial charge in [0.1, 0.15) is 0 Å². The molecule has 1 N–H and O–H groups in total. The first-order chi connectivity index (χ1) is 11.3. The van der Waals surface area contributed by atoms with Crippen LogP contribution < -0.4 is 5.32 Å². The predicted octanol–water partition coefficient (Wildman–Crippen LogP) is 3.88. The topological polar surface area (TPSA) is 49.4 Å². The fourth-order valence-corrected chi connectivity index (χ4v) is 2.94. The molecule has 0 saturated heterocycles. The number of benzene rings is 1. The van der Waals surface area contributed by atoms with Crippen LogP contribution in [0.2, 0.25) is 0 Å². The molecule has 1 aromatic carbocycles. The van der Waals surface area contributed by atoms with Crippen molar-refractivity contribution in [3.63, 3.8) is 0 Å². The van der Waals surface area contributed by atoms with E-state index in [0.717, 1.165) is 22.9 Å². The SMILES string of the molecule is CC(C)(C)C(=O)NCCCC(=O)N(Cc1cccc(Br)c1)C1CC1. The molecule has 0 atom stereocenters. The van der Waals surface area contributed by atoms with Crippen molar-refractivity contribution in [3.8, 4) is 0 Å². The third-order valence-corrected chi connectivity index (χ3v) is 4.58. The van der Waals surface area contributed by atoms with Gasteiger partial charge in [0.15, 0.2) is 0 Å². The van der Waals surface area contributed by atoms with Gasteiger partial charge in [-0.2, -0.15) is 0 Å². The monoisotopic (exact) mass is 394 g/mol. The zero-order valence-corrected chi connectivity index (χ0v) is 16.4. The lowest BCUT2D eigenvalue weighted by atomic mass is 9.96. The highest BCUT2D eigenvalue weighted by atomic mass is 79.9. The maximum absolute atomic E-state index is 12.6. The number of hydrogen-bond donors (Lipinski definition) is 1. The molecule has 0 radical (unpaired) electrons. The molecule has 1 aliphatic carbocycles. The van der Waals surface area contributed by atoms with Crippen LogP contribution in [0.25, 0.3) is 0 Å². The van der Waals surface area contributed by atoms with E-state index >= 15 is 0 Å². The van der Waals surface area contributed by atoms with Crippen LogP contribution in [-0.2, 0) is 16.1 Å². The maximum atomic E-state index is 12.6. The van der Waals surface area contributed by atoms with Crippen LogP contribution >= 0.6 is 15.9 Å². The highest BCUT2D eigenvalue weighted by molar-refractivity contribution is 9.10. The molecule has 2 rings (SSSR count). The van der Waals surface area contributed by atoms with Crippen LogP contribution in [-0.4, -0.2) is 29.3 Å². The molecule has 0 heterocycles. The standard InChI is InChI=1S/C19H27BrN2O2/c1-19(2,3)18(24)21-11-5-8-17(23)22(16-9-10-16)13-14-6-4-7-15(20)12-14/h4,6-7,12,16H,5,8-11,13H2,1-3H3,(H,21,24). The lowest BCUT2D eigenvalue weighted by Crippen LogP contribution is -2.36. The van der Waals surface area contributed by atoms with Crippen molar-refractivity contribution in [1.29, 1.82) is 0 Å². The number of halogens is 1. The second-order valence-corrected chi connectivity index (χ2v) is 8.41. The van der Waals surface area contributed by atoms with Crippen LogP contribution in [0.1, 0.15) is 52.0 Å². The van der Waals surface area contributed by atoms with Crippen molar-refractivity contribution < 1.29 is 9.59 Å². The first kappa shape index (κ1) is 19.0. The van der Waals surface area contributed by atoms with E-state index in [0.29, 0.717) is 32.0 Å². The van der Waals surface area contributed by atoms with Gasteiger partial charge in [-0.1, -0.05) is 48.8 Å². The number of nitrogens with zero attached hydrogens (tertiary/aromatic N) is 1. The molecule has 0 aromatic heterocycles. The molecule has 2 amide bonds. The van der Waals surface area contributed by atoms with Gasteiger partial charge in [-0.15, -0.1) is 0 Å². The van der Waals surface area contributed by atoms with E-state index < -0.39 is 0 Å². The first-order valence-corrected chi connectivity index (χ1v) is 9.39. The summed E-state index contributed by atoms with van der Waals surface area (Å²) >= 11 is 3.48. The largest absolute Gasteiger partial charge is 0.356 e. The number of hydrogen-bond acceptors (Lipinski definition) is 2. The number of rotatable bonds is 7. The summed E-state index contributed by atoms with van der Waals surface area (Å²) in [5, 5.41) is 2.90. The fraction of sp³-hybridized carbons (Fsp3) is 0.579. The van der Waals surface area contributed by atoms with E-state index in [-0.39, 0.29) is 17.2 Å². The fourth-order valence-electron chi connectivity index (χ4n) is 2.49. The Kier molecular flexibility index (Phi) is 6.44. The Hall–Kier alpha value is -1.36. The minimum Gasteiger partial charge on any atom is -0.356 e. The van der Waals surface area contributed by atoms with Gasteiger partial charge < -0.3 is 10.2 Å². The summed E-state index contributed by atoms with van der Waals surface area (Å²) in [6.07, 6.45) is 3.36. The lowest BCUT2D eigenvalue weighted by molar-refractivity contribution is -0.133. The molecule has 1 fully saturated rings. The molecule has 0 unspecified atom stereocenters. The molecule has 5 heteroatoms. The van der Waals surface area contributed by atoms with Crippen LogP contribution in [0, 0.1) is 5.41 Å². The molecule has 24 heavy (non-hydrogen) atoms. The molecule has 0 aliphatic heterocycles. The quantitative estimate of drug-likeness (QED) is 0.713. The van der Waals surface area contributed by atoms with Crippen LogP contribution in [0.15, 0.2) is 28.7 Å². The molecule has 0 bridgehead atoms. The van der Waals surface area contributed by atoms with E-state index in [2.05, 4.69) is 33.4 Å². The highest BCUT2D eigenvalue weighted by Crippen LogP contribution is 2.29. The van der Waals surface area contributed by atoms with Gasteiger partial charge in [-0.05, 0) is 37.0 Å². The van der Waals surface area contributed by atoms with E-state index in [9.17, 15) is 9.59 Å². The van der Waals surface area contributed by atoms with E-state index in [1.165, 1.54) is 0 Å². The van der Waals surface area contributed by atoms with Crippen molar-refractivity contribution in [2.75, 3.05) is 6.54 Å². The summed E-state index contributed by atoms with van der Waals surface area (Å²) in [5.41, 5.74) is 0.760. The van der Waals surface area contributed by atoms with Gasteiger partial charge in [-0.25, -0.2) is 0 Å². The minimum atomic E-state index is -0.384. The maximum Gasteiger partial charge on any atom is 0.225 e. The lowest BCUT2D eigenvalue weighted by Gasteiger charge is -2.23. The van der Waals surface area contributed by atoms with Crippen molar-refractivity contribution in [1.82, 2.24) is 10.2 Å². The predicted molar refractivity (Wildman–Crippen MR) is 99.4 cm³/mol. The van der Waals surface area contributed by atoms with E-state index in [4.69, 9.17) is 0 Å².